The zero-order valence-corrected chi connectivity index (χ0v) is 11.0. The van der Waals surface area contributed by atoms with Gasteiger partial charge in [0, 0.05) is 0 Å². The van der Waals surface area contributed by atoms with Crippen LogP contribution >= 0.6 is 0 Å². The van der Waals surface area contributed by atoms with E-state index in [4.69, 9.17) is 10.8 Å². The second kappa shape index (κ2) is 6.36. The molecule has 104 valence electrons. The van der Waals surface area contributed by atoms with Crippen LogP contribution in [-0.4, -0.2) is 27.3 Å². The summed E-state index contributed by atoms with van der Waals surface area (Å²) >= 11 is 0. The third-order valence-electron chi connectivity index (χ3n) is 2.80. The number of aliphatic hydroxyl groups excluding tert-OH is 1. The average Bonchev–Trinajstić information content (AvgIpc) is 2.35. The van der Waals surface area contributed by atoms with Crippen LogP contribution in [0.25, 0.3) is 0 Å². The number of benzene rings is 1. The van der Waals surface area contributed by atoms with Crippen molar-refractivity contribution in [3.63, 3.8) is 0 Å². The second-order valence-electron chi connectivity index (χ2n) is 4.68. The van der Waals surface area contributed by atoms with Gasteiger partial charge >= 0.3 is 5.97 Å². The Hall–Kier alpha value is -1.85. The summed E-state index contributed by atoms with van der Waals surface area (Å²) in [6.07, 6.45) is 1.14. The van der Waals surface area contributed by atoms with E-state index in [9.17, 15) is 15.0 Å². The predicted octanol–water partition coefficient (Wildman–Crippen LogP) is 1.35. The van der Waals surface area contributed by atoms with E-state index >= 15 is 0 Å². The summed E-state index contributed by atoms with van der Waals surface area (Å²) in [5.41, 5.74) is 7.48. The molecule has 5 heteroatoms. The summed E-state index contributed by atoms with van der Waals surface area (Å²) in [6.45, 7) is 3.88. The minimum atomic E-state index is -1.39. The first-order chi connectivity index (χ1) is 8.82. The Kier molecular flexibility index (Phi) is 5.09. The van der Waals surface area contributed by atoms with Crippen molar-refractivity contribution in [3.8, 4) is 5.75 Å². The molecule has 1 aromatic carbocycles. The van der Waals surface area contributed by atoms with Crippen LogP contribution in [0.3, 0.4) is 0 Å². The first-order valence-electron chi connectivity index (χ1n) is 5.94. The van der Waals surface area contributed by atoms with Crippen molar-refractivity contribution >= 4 is 5.97 Å². The van der Waals surface area contributed by atoms with E-state index in [2.05, 4.69) is 0 Å². The third-order valence-corrected chi connectivity index (χ3v) is 2.80. The third kappa shape index (κ3) is 4.08. The molecule has 0 bridgehead atoms. The molecule has 0 aliphatic heterocycles. The standard InChI is InChI=1S/C14H19NO4/c1-8(2)3-4-9-7-10(5-6-11(9)16)13(17)12(15)14(18)19/h3,5-7,12-13,16-17H,4,15H2,1-2H3,(H,18,19)/t12-,13+/m0/s1. The van der Waals surface area contributed by atoms with Gasteiger partial charge < -0.3 is 21.1 Å². The molecule has 0 saturated heterocycles. The summed E-state index contributed by atoms with van der Waals surface area (Å²) in [5.74, 6) is -1.16. The smallest absolute Gasteiger partial charge is 0.323 e. The first kappa shape index (κ1) is 15.2. The Labute approximate surface area is 112 Å². The summed E-state index contributed by atoms with van der Waals surface area (Å²) in [7, 11) is 0. The van der Waals surface area contributed by atoms with Gasteiger partial charge in [-0.1, -0.05) is 17.7 Å². The van der Waals surface area contributed by atoms with Gasteiger partial charge in [-0.25, -0.2) is 0 Å². The molecule has 19 heavy (non-hydrogen) atoms. The van der Waals surface area contributed by atoms with Gasteiger partial charge in [-0.05, 0) is 43.5 Å². The van der Waals surface area contributed by atoms with Crippen LogP contribution in [0.1, 0.15) is 31.1 Å². The molecular formula is C14H19NO4. The summed E-state index contributed by atoms with van der Waals surface area (Å²) in [5, 5.41) is 28.3. The fourth-order valence-corrected chi connectivity index (χ4v) is 1.61. The van der Waals surface area contributed by atoms with Gasteiger partial charge in [0.15, 0.2) is 0 Å². The highest BCUT2D eigenvalue weighted by molar-refractivity contribution is 5.74. The monoisotopic (exact) mass is 265 g/mol. The van der Waals surface area contributed by atoms with Crippen molar-refractivity contribution in [1.29, 1.82) is 0 Å². The van der Waals surface area contributed by atoms with Gasteiger partial charge in [-0.2, -0.15) is 0 Å². The minimum Gasteiger partial charge on any atom is -0.508 e. The molecule has 0 unspecified atom stereocenters. The Balaban J connectivity index is 3.01. The topological polar surface area (TPSA) is 104 Å². The van der Waals surface area contributed by atoms with Crippen molar-refractivity contribution in [2.45, 2.75) is 32.4 Å². The molecule has 0 aliphatic carbocycles. The number of phenols is 1. The number of allylic oxidation sites excluding steroid dienone is 2. The molecule has 5 N–H and O–H groups in total. The number of carboxylic acid groups (broad SMARTS) is 1. The van der Waals surface area contributed by atoms with E-state index in [-0.39, 0.29) is 5.75 Å². The molecule has 0 amide bonds. The van der Waals surface area contributed by atoms with E-state index in [1.165, 1.54) is 12.1 Å². The molecule has 0 fully saturated rings. The van der Waals surface area contributed by atoms with Crippen molar-refractivity contribution in [3.05, 3.63) is 41.0 Å². The number of carboxylic acids is 1. The maximum absolute atomic E-state index is 10.7. The molecule has 0 radical (unpaired) electrons. The molecule has 0 spiro atoms. The van der Waals surface area contributed by atoms with Gasteiger partial charge in [0.25, 0.3) is 0 Å². The van der Waals surface area contributed by atoms with E-state index < -0.39 is 18.1 Å². The SMILES string of the molecule is CC(C)=CCc1cc([C@@H](O)[C@H](N)C(=O)O)ccc1O. The number of aliphatic carboxylic acids is 1. The molecule has 0 aliphatic rings. The van der Waals surface area contributed by atoms with Gasteiger partial charge in [-0.3, -0.25) is 4.79 Å². The second-order valence-corrected chi connectivity index (χ2v) is 4.68. The molecule has 0 aromatic heterocycles. The summed E-state index contributed by atoms with van der Waals surface area (Å²) in [6, 6.07) is 3.08. The lowest BCUT2D eigenvalue weighted by molar-refractivity contribution is -0.141. The molecule has 2 atom stereocenters. The molecule has 0 heterocycles. The highest BCUT2D eigenvalue weighted by Gasteiger charge is 2.23. The molecule has 1 rings (SSSR count). The number of hydrogen-bond donors (Lipinski definition) is 4. The van der Waals surface area contributed by atoms with Crippen molar-refractivity contribution < 1.29 is 20.1 Å². The number of nitrogens with two attached hydrogens (primary N) is 1. The lowest BCUT2D eigenvalue weighted by Crippen LogP contribution is -2.36. The highest BCUT2D eigenvalue weighted by Crippen LogP contribution is 2.24. The quantitative estimate of drug-likeness (QED) is 0.602. The number of hydrogen-bond acceptors (Lipinski definition) is 4. The fourth-order valence-electron chi connectivity index (χ4n) is 1.61. The Morgan fingerprint density at radius 1 is 1.42 bits per heavy atom. The van der Waals surface area contributed by atoms with E-state index in [0.717, 1.165) is 5.57 Å². The maximum Gasteiger partial charge on any atom is 0.323 e. The molecule has 0 saturated carbocycles. The molecule has 5 nitrogen and oxygen atoms in total. The number of carbonyl (C=O) groups is 1. The van der Waals surface area contributed by atoms with Crippen LogP contribution in [0.5, 0.6) is 5.75 Å². The van der Waals surface area contributed by atoms with Crippen molar-refractivity contribution in [2.75, 3.05) is 0 Å². The zero-order valence-electron chi connectivity index (χ0n) is 11.0. The van der Waals surface area contributed by atoms with Gasteiger partial charge in [-0.15, -0.1) is 0 Å². The Bertz CT molecular complexity index is 492. The molecule has 1 aromatic rings. The van der Waals surface area contributed by atoms with Gasteiger partial charge in [0.1, 0.15) is 17.9 Å². The largest absolute Gasteiger partial charge is 0.508 e. The number of aromatic hydroxyl groups is 1. The predicted molar refractivity (Wildman–Crippen MR) is 71.8 cm³/mol. The minimum absolute atomic E-state index is 0.109. The molecular weight excluding hydrogens is 246 g/mol. The average molecular weight is 265 g/mol. The Morgan fingerprint density at radius 2 is 2.05 bits per heavy atom. The summed E-state index contributed by atoms with van der Waals surface area (Å²) < 4.78 is 0. The number of aliphatic hydroxyl groups is 1. The van der Waals surface area contributed by atoms with E-state index in [1.807, 2.05) is 19.9 Å². The van der Waals surface area contributed by atoms with Crippen LogP contribution in [0.4, 0.5) is 0 Å². The van der Waals surface area contributed by atoms with Crippen LogP contribution in [-0.2, 0) is 11.2 Å². The zero-order chi connectivity index (χ0) is 14.6. The Morgan fingerprint density at radius 3 is 2.58 bits per heavy atom. The lowest BCUT2D eigenvalue weighted by atomic mass is 9.98. The van der Waals surface area contributed by atoms with Gasteiger partial charge in [0.05, 0.1) is 0 Å². The summed E-state index contributed by atoms with van der Waals surface area (Å²) in [4.78, 5) is 10.7. The van der Waals surface area contributed by atoms with Crippen LogP contribution in [0.15, 0.2) is 29.8 Å². The van der Waals surface area contributed by atoms with Crippen LogP contribution in [0, 0.1) is 0 Å². The van der Waals surface area contributed by atoms with Crippen LogP contribution < -0.4 is 5.73 Å². The lowest BCUT2D eigenvalue weighted by Gasteiger charge is -2.16. The number of rotatable bonds is 5. The number of phenolic OH excluding ortho intramolecular Hbond substituents is 1. The van der Waals surface area contributed by atoms with E-state index in [1.54, 1.807) is 6.07 Å². The maximum atomic E-state index is 10.7. The van der Waals surface area contributed by atoms with Crippen molar-refractivity contribution in [1.82, 2.24) is 0 Å². The highest BCUT2D eigenvalue weighted by atomic mass is 16.4. The van der Waals surface area contributed by atoms with Gasteiger partial charge in [0.2, 0.25) is 0 Å². The van der Waals surface area contributed by atoms with Crippen molar-refractivity contribution in [2.24, 2.45) is 5.73 Å². The normalized spacial score (nSPS) is 13.7. The fraction of sp³-hybridized carbons (Fsp3) is 0.357. The first-order valence-corrected chi connectivity index (χ1v) is 5.94. The van der Waals surface area contributed by atoms with E-state index in [0.29, 0.717) is 17.5 Å². The van der Waals surface area contributed by atoms with Crippen LogP contribution in [0.2, 0.25) is 0 Å².